The Hall–Kier alpha value is -3.86. The number of benzene rings is 3. The minimum absolute atomic E-state index is 0.342. The van der Waals surface area contributed by atoms with Gasteiger partial charge in [0.25, 0.3) is 5.91 Å². The fraction of sp³-hybridized carbons (Fsp3) is 0.154. The van der Waals surface area contributed by atoms with Gasteiger partial charge >= 0.3 is 5.97 Å². The zero-order valence-electron chi connectivity index (χ0n) is 17.5. The molecule has 1 atom stereocenters. The summed E-state index contributed by atoms with van der Waals surface area (Å²) in [4.78, 5) is 24.9. The van der Waals surface area contributed by atoms with E-state index in [9.17, 15) is 9.59 Å². The van der Waals surface area contributed by atoms with Crippen LogP contribution in [0.4, 0.5) is 0 Å². The minimum Gasteiger partial charge on any atom is -0.497 e. The van der Waals surface area contributed by atoms with Crippen LogP contribution < -0.4 is 10.1 Å². The maximum atomic E-state index is 12.8. The van der Waals surface area contributed by atoms with Crippen molar-refractivity contribution in [1.29, 1.82) is 0 Å². The van der Waals surface area contributed by atoms with E-state index in [4.69, 9.17) is 9.47 Å². The fourth-order valence-corrected chi connectivity index (χ4v) is 3.06. The molecule has 0 aromatic heterocycles. The molecular weight excluding hydrogens is 390 g/mol. The van der Waals surface area contributed by atoms with Crippen molar-refractivity contribution in [1.82, 2.24) is 5.32 Å². The molecule has 3 aromatic rings. The highest BCUT2D eigenvalue weighted by atomic mass is 16.5. The summed E-state index contributed by atoms with van der Waals surface area (Å²) in [7, 11) is 1.59. The Bertz CT molecular complexity index is 975. The van der Waals surface area contributed by atoms with Gasteiger partial charge in [-0.25, -0.2) is 4.79 Å². The Kier molecular flexibility index (Phi) is 7.60. The number of amides is 1. The number of nitrogens with one attached hydrogen (secondary N) is 1. The summed E-state index contributed by atoms with van der Waals surface area (Å²) in [6.45, 7) is 1.56. The van der Waals surface area contributed by atoms with E-state index in [1.165, 1.54) is 6.08 Å². The highest BCUT2D eigenvalue weighted by Gasteiger charge is 2.22. The molecule has 0 heterocycles. The Labute approximate surface area is 182 Å². The summed E-state index contributed by atoms with van der Waals surface area (Å²) < 4.78 is 10.4. The summed E-state index contributed by atoms with van der Waals surface area (Å²) in [5, 5.41) is 2.99. The second-order valence-electron chi connectivity index (χ2n) is 6.95. The topological polar surface area (TPSA) is 64.6 Å². The van der Waals surface area contributed by atoms with Crippen LogP contribution in [0.3, 0.4) is 0 Å². The minimum atomic E-state index is -0.942. The normalized spacial score (nSPS) is 11.8. The average molecular weight is 415 g/mol. The highest BCUT2D eigenvalue weighted by molar-refractivity contribution is 5.90. The number of methoxy groups -OCH3 is 1. The van der Waals surface area contributed by atoms with Crippen LogP contribution in [0.15, 0.2) is 91.0 Å². The standard InChI is InChI=1S/C26H25NO4/c1-19(31-24(28)18-15-20-13-16-23(30-2)17-14-20)26(29)27-25(21-9-5-3-6-10-21)22-11-7-4-8-12-22/h3-19,25H,1-2H3,(H,27,29)/b18-15+/t19-/m0/s1. The lowest BCUT2D eigenvalue weighted by molar-refractivity contribution is -0.150. The van der Waals surface area contributed by atoms with E-state index in [0.29, 0.717) is 0 Å². The van der Waals surface area contributed by atoms with E-state index < -0.39 is 12.1 Å². The summed E-state index contributed by atoms with van der Waals surface area (Å²) in [5.74, 6) is -0.227. The van der Waals surface area contributed by atoms with Crippen molar-refractivity contribution < 1.29 is 19.1 Å². The van der Waals surface area contributed by atoms with Crippen LogP contribution in [-0.4, -0.2) is 25.1 Å². The van der Waals surface area contributed by atoms with Crippen LogP contribution in [-0.2, 0) is 14.3 Å². The quantitative estimate of drug-likeness (QED) is 0.433. The van der Waals surface area contributed by atoms with E-state index in [-0.39, 0.29) is 11.9 Å². The lowest BCUT2D eigenvalue weighted by Gasteiger charge is -2.22. The second kappa shape index (κ2) is 10.8. The van der Waals surface area contributed by atoms with Gasteiger partial charge in [-0.05, 0) is 41.8 Å². The molecular formula is C26H25NO4. The van der Waals surface area contributed by atoms with Gasteiger partial charge in [-0.1, -0.05) is 72.8 Å². The van der Waals surface area contributed by atoms with Crippen LogP contribution in [0, 0.1) is 0 Å². The van der Waals surface area contributed by atoms with E-state index in [2.05, 4.69) is 5.32 Å². The largest absolute Gasteiger partial charge is 0.497 e. The number of rotatable bonds is 8. The molecule has 1 amide bonds. The lowest BCUT2D eigenvalue weighted by Crippen LogP contribution is -2.38. The summed E-state index contributed by atoms with van der Waals surface area (Å²) in [6.07, 6.45) is 1.99. The molecule has 158 valence electrons. The van der Waals surface area contributed by atoms with E-state index in [1.54, 1.807) is 32.2 Å². The first-order valence-electron chi connectivity index (χ1n) is 10.00. The van der Waals surface area contributed by atoms with Crippen molar-refractivity contribution in [2.45, 2.75) is 19.1 Å². The number of carbonyl (C=O) groups excluding carboxylic acids is 2. The van der Waals surface area contributed by atoms with Crippen molar-refractivity contribution in [3.05, 3.63) is 108 Å². The van der Waals surface area contributed by atoms with Gasteiger partial charge in [-0.3, -0.25) is 4.79 Å². The molecule has 3 rings (SSSR count). The van der Waals surface area contributed by atoms with Crippen LogP contribution in [0.5, 0.6) is 5.75 Å². The van der Waals surface area contributed by atoms with Crippen molar-refractivity contribution in [3.8, 4) is 5.75 Å². The van der Waals surface area contributed by atoms with Gasteiger partial charge in [0.05, 0.1) is 13.2 Å². The Morgan fingerprint density at radius 3 is 1.90 bits per heavy atom. The maximum absolute atomic E-state index is 12.8. The van der Waals surface area contributed by atoms with Crippen LogP contribution >= 0.6 is 0 Å². The molecule has 31 heavy (non-hydrogen) atoms. The summed E-state index contributed by atoms with van der Waals surface area (Å²) >= 11 is 0. The predicted molar refractivity (Wildman–Crippen MR) is 120 cm³/mol. The number of hydrogen-bond donors (Lipinski definition) is 1. The molecule has 3 aromatic carbocycles. The maximum Gasteiger partial charge on any atom is 0.331 e. The van der Waals surface area contributed by atoms with E-state index in [1.807, 2.05) is 72.8 Å². The average Bonchev–Trinajstić information content (AvgIpc) is 2.82. The first-order chi connectivity index (χ1) is 15.1. The predicted octanol–water partition coefficient (Wildman–Crippen LogP) is 4.55. The van der Waals surface area contributed by atoms with Gasteiger partial charge in [0.2, 0.25) is 0 Å². The SMILES string of the molecule is COc1ccc(/C=C/C(=O)O[C@@H](C)C(=O)NC(c2ccccc2)c2ccccc2)cc1. The third-order valence-electron chi connectivity index (χ3n) is 4.74. The van der Waals surface area contributed by atoms with Gasteiger partial charge in [-0.15, -0.1) is 0 Å². The van der Waals surface area contributed by atoms with Gasteiger partial charge in [0.15, 0.2) is 6.10 Å². The van der Waals surface area contributed by atoms with Gasteiger partial charge in [0.1, 0.15) is 5.75 Å². The molecule has 0 fully saturated rings. The van der Waals surface area contributed by atoms with E-state index >= 15 is 0 Å². The molecule has 0 aliphatic rings. The van der Waals surface area contributed by atoms with Crippen molar-refractivity contribution in [2.24, 2.45) is 0 Å². The zero-order valence-corrected chi connectivity index (χ0v) is 17.5. The number of carbonyl (C=O) groups is 2. The molecule has 0 radical (unpaired) electrons. The van der Waals surface area contributed by atoms with Crippen LogP contribution in [0.25, 0.3) is 6.08 Å². The smallest absolute Gasteiger partial charge is 0.331 e. The molecule has 0 saturated heterocycles. The Morgan fingerprint density at radius 2 is 1.39 bits per heavy atom. The lowest BCUT2D eigenvalue weighted by atomic mass is 9.98. The third kappa shape index (κ3) is 6.31. The molecule has 0 aliphatic heterocycles. The summed E-state index contributed by atoms with van der Waals surface area (Å²) in [5.41, 5.74) is 2.71. The van der Waals surface area contributed by atoms with Crippen LogP contribution in [0.1, 0.15) is 29.7 Å². The molecule has 0 unspecified atom stereocenters. The summed E-state index contributed by atoms with van der Waals surface area (Å²) in [6, 6.07) is 26.2. The molecule has 5 heteroatoms. The highest BCUT2D eigenvalue weighted by Crippen LogP contribution is 2.22. The first kappa shape index (κ1) is 21.8. The van der Waals surface area contributed by atoms with Gasteiger partial charge in [0, 0.05) is 6.08 Å². The zero-order chi connectivity index (χ0) is 22.1. The van der Waals surface area contributed by atoms with Gasteiger partial charge in [-0.2, -0.15) is 0 Å². The van der Waals surface area contributed by atoms with Crippen LogP contribution in [0.2, 0.25) is 0 Å². The first-order valence-corrected chi connectivity index (χ1v) is 10.00. The Balaban J connectivity index is 1.63. The number of esters is 1. The molecule has 0 spiro atoms. The van der Waals surface area contributed by atoms with Crippen molar-refractivity contribution >= 4 is 18.0 Å². The molecule has 0 bridgehead atoms. The molecule has 0 saturated carbocycles. The number of ether oxygens (including phenoxy) is 2. The van der Waals surface area contributed by atoms with Crippen molar-refractivity contribution in [2.75, 3.05) is 7.11 Å². The monoisotopic (exact) mass is 415 g/mol. The second-order valence-corrected chi connectivity index (χ2v) is 6.95. The molecule has 0 aliphatic carbocycles. The van der Waals surface area contributed by atoms with E-state index in [0.717, 1.165) is 22.4 Å². The van der Waals surface area contributed by atoms with Crippen molar-refractivity contribution in [3.63, 3.8) is 0 Å². The number of hydrogen-bond acceptors (Lipinski definition) is 4. The molecule has 5 nitrogen and oxygen atoms in total. The molecule has 1 N–H and O–H groups in total. The Morgan fingerprint density at radius 1 is 0.839 bits per heavy atom. The third-order valence-corrected chi connectivity index (χ3v) is 4.74. The fourth-order valence-electron chi connectivity index (χ4n) is 3.06. The van der Waals surface area contributed by atoms with Gasteiger partial charge < -0.3 is 14.8 Å².